The summed E-state index contributed by atoms with van der Waals surface area (Å²) in [6.45, 7) is 5.73. The smallest absolute Gasteiger partial charge is 0.227 e. The molecule has 2 N–H and O–H groups in total. The van der Waals surface area contributed by atoms with E-state index in [4.69, 9.17) is 5.41 Å². The highest BCUT2D eigenvalue weighted by molar-refractivity contribution is 5.88. The van der Waals surface area contributed by atoms with Crippen LogP contribution in [0, 0.1) is 17.2 Å². The maximum atomic E-state index is 12.8. The zero-order valence-electron chi connectivity index (χ0n) is 18.3. The highest BCUT2D eigenvalue weighted by Gasteiger charge is 2.35. The Hall–Kier alpha value is -3.15. The number of aromatic nitrogens is 2. The second-order valence-electron chi connectivity index (χ2n) is 8.65. The normalized spacial score (nSPS) is 23.7. The van der Waals surface area contributed by atoms with Crippen molar-refractivity contribution in [3.63, 3.8) is 0 Å². The number of amidine groups is 1. The monoisotopic (exact) mass is 417 g/mol. The third-order valence-electron chi connectivity index (χ3n) is 6.45. The first-order chi connectivity index (χ1) is 15.0. The topological polar surface area (TPSA) is 76.1 Å². The molecule has 0 radical (unpaired) electrons. The molecule has 1 amide bonds. The predicted octanol–water partition coefficient (Wildman–Crippen LogP) is 4.11. The van der Waals surface area contributed by atoms with E-state index in [1.807, 2.05) is 54.5 Å². The lowest BCUT2D eigenvalue weighted by Gasteiger charge is -2.24. The summed E-state index contributed by atoms with van der Waals surface area (Å²) in [5.74, 6) is 1.30. The van der Waals surface area contributed by atoms with Crippen molar-refractivity contribution in [2.75, 3.05) is 13.1 Å². The number of amides is 1. The fraction of sp³-hybridized carbons (Fsp3) is 0.400. The van der Waals surface area contributed by atoms with Gasteiger partial charge >= 0.3 is 0 Å². The van der Waals surface area contributed by atoms with Crippen LogP contribution >= 0.6 is 0 Å². The lowest BCUT2D eigenvalue weighted by atomic mass is 9.95. The number of carbonyl (C=O) groups is 1. The first kappa shape index (κ1) is 21.1. The van der Waals surface area contributed by atoms with Crippen LogP contribution in [0.5, 0.6) is 0 Å². The number of benzene rings is 1. The zero-order valence-corrected chi connectivity index (χ0v) is 18.3. The molecule has 2 aliphatic heterocycles. The molecule has 2 aromatic rings. The van der Waals surface area contributed by atoms with Crippen molar-refractivity contribution in [3.05, 3.63) is 72.2 Å². The molecule has 4 rings (SSSR count). The second kappa shape index (κ2) is 9.33. The molecule has 1 aromatic heterocycles. The van der Waals surface area contributed by atoms with Gasteiger partial charge in [-0.25, -0.2) is 0 Å². The minimum atomic E-state index is 0.0794. The molecular formula is C25H31N5O. The number of H-pyrrole nitrogens is 1. The largest absolute Gasteiger partial charge is 0.339 e. The number of rotatable bonds is 7. The fourth-order valence-corrected chi connectivity index (χ4v) is 4.75. The van der Waals surface area contributed by atoms with E-state index in [1.54, 1.807) is 0 Å². The van der Waals surface area contributed by atoms with Gasteiger partial charge in [0.1, 0.15) is 5.84 Å². The van der Waals surface area contributed by atoms with Crippen LogP contribution in [-0.4, -0.2) is 50.9 Å². The molecule has 1 aromatic carbocycles. The van der Waals surface area contributed by atoms with Crippen molar-refractivity contribution in [2.45, 2.75) is 39.2 Å². The second-order valence-corrected chi connectivity index (χ2v) is 8.65. The van der Waals surface area contributed by atoms with Gasteiger partial charge in [-0.1, -0.05) is 42.5 Å². The highest BCUT2D eigenvalue weighted by Crippen LogP contribution is 2.30. The Labute approximate surface area is 184 Å². The Kier molecular flexibility index (Phi) is 6.35. The van der Waals surface area contributed by atoms with Gasteiger partial charge in [0.15, 0.2) is 0 Å². The van der Waals surface area contributed by atoms with E-state index in [9.17, 15) is 4.79 Å². The van der Waals surface area contributed by atoms with Gasteiger partial charge in [0.2, 0.25) is 5.91 Å². The SMILES string of the molecule is C/C=C(\CC1C=CN(CC2CC(C)N(C(=O)Cc3ccccc3)C2)C1=N)c1cn[nH]c1. The molecule has 0 spiro atoms. The molecule has 3 unspecified atom stereocenters. The molecule has 0 saturated carbocycles. The molecule has 0 bridgehead atoms. The fourth-order valence-electron chi connectivity index (χ4n) is 4.75. The van der Waals surface area contributed by atoms with Gasteiger partial charge in [-0.05, 0) is 43.7 Å². The number of allylic oxidation sites excluding steroid dienone is 2. The predicted molar refractivity (Wildman–Crippen MR) is 123 cm³/mol. The quantitative estimate of drug-likeness (QED) is 0.712. The lowest BCUT2D eigenvalue weighted by Crippen LogP contribution is -2.36. The van der Waals surface area contributed by atoms with Gasteiger partial charge in [0.25, 0.3) is 0 Å². The Morgan fingerprint density at radius 2 is 2.13 bits per heavy atom. The van der Waals surface area contributed by atoms with Gasteiger partial charge in [0, 0.05) is 43.0 Å². The van der Waals surface area contributed by atoms with E-state index in [0.717, 1.165) is 37.1 Å². The number of nitrogens with zero attached hydrogens (tertiary/aromatic N) is 3. The van der Waals surface area contributed by atoms with Crippen molar-refractivity contribution in [2.24, 2.45) is 11.8 Å². The van der Waals surface area contributed by atoms with Crippen LogP contribution in [0.15, 0.2) is 61.1 Å². The Morgan fingerprint density at radius 3 is 2.84 bits per heavy atom. The maximum absolute atomic E-state index is 12.8. The van der Waals surface area contributed by atoms with Gasteiger partial charge in [-0.3, -0.25) is 15.3 Å². The number of hydrogen-bond donors (Lipinski definition) is 2. The van der Waals surface area contributed by atoms with Crippen LogP contribution in [0.4, 0.5) is 0 Å². The Bertz CT molecular complexity index is 963. The lowest BCUT2D eigenvalue weighted by molar-refractivity contribution is -0.131. The van der Waals surface area contributed by atoms with Crippen LogP contribution in [0.25, 0.3) is 5.57 Å². The summed E-state index contributed by atoms with van der Waals surface area (Å²) < 4.78 is 0. The third-order valence-corrected chi connectivity index (χ3v) is 6.45. The van der Waals surface area contributed by atoms with E-state index < -0.39 is 0 Å². The summed E-state index contributed by atoms with van der Waals surface area (Å²) in [4.78, 5) is 16.9. The summed E-state index contributed by atoms with van der Waals surface area (Å²) in [7, 11) is 0. The van der Waals surface area contributed by atoms with Gasteiger partial charge in [-0.15, -0.1) is 0 Å². The zero-order chi connectivity index (χ0) is 21.8. The molecule has 3 atom stereocenters. The molecule has 6 heteroatoms. The average Bonchev–Trinajstić information content (AvgIpc) is 3.50. The average molecular weight is 418 g/mol. The molecule has 0 aliphatic carbocycles. The first-order valence-corrected chi connectivity index (χ1v) is 11.1. The number of aromatic amines is 1. The number of likely N-dealkylation sites (tertiary alicyclic amines) is 1. The van der Waals surface area contributed by atoms with Crippen molar-refractivity contribution < 1.29 is 4.79 Å². The molecule has 162 valence electrons. The molecule has 6 nitrogen and oxygen atoms in total. The molecule has 3 heterocycles. The number of nitrogens with one attached hydrogen (secondary N) is 2. The van der Waals surface area contributed by atoms with Crippen LogP contribution in [0.2, 0.25) is 0 Å². The van der Waals surface area contributed by atoms with Crippen molar-refractivity contribution in [3.8, 4) is 0 Å². The summed E-state index contributed by atoms with van der Waals surface area (Å²) >= 11 is 0. The van der Waals surface area contributed by atoms with Gasteiger partial charge in [0.05, 0.1) is 12.6 Å². The van der Waals surface area contributed by atoms with E-state index >= 15 is 0 Å². The van der Waals surface area contributed by atoms with Crippen LogP contribution in [0.1, 0.15) is 37.8 Å². The number of hydrogen-bond acceptors (Lipinski definition) is 3. The van der Waals surface area contributed by atoms with Gasteiger partial charge in [-0.2, -0.15) is 5.10 Å². The summed E-state index contributed by atoms with van der Waals surface area (Å²) in [5, 5.41) is 15.6. The molecule has 1 saturated heterocycles. The third kappa shape index (κ3) is 4.79. The minimum Gasteiger partial charge on any atom is -0.339 e. The maximum Gasteiger partial charge on any atom is 0.227 e. The van der Waals surface area contributed by atoms with Crippen LogP contribution in [0.3, 0.4) is 0 Å². The molecular weight excluding hydrogens is 386 g/mol. The minimum absolute atomic E-state index is 0.0794. The summed E-state index contributed by atoms with van der Waals surface area (Å²) in [6.07, 6.45) is 12.2. The standard InChI is InChI=1S/C25H31N5O/c1-3-21(23-14-27-28-15-23)13-22-9-10-29(25(22)26)16-20-11-18(2)30(17-20)24(31)12-19-7-5-4-6-8-19/h3-10,14-15,18,20,22,26H,11-13,16-17H2,1-2H3,(H,27,28)/b21-3+,26-25?. The highest BCUT2D eigenvalue weighted by atomic mass is 16.2. The first-order valence-electron chi connectivity index (χ1n) is 11.1. The van der Waals surface area contributed by atoms with E-state index in [2.05, 4.69) is 40.4 Å². The van der Waals surface area contributed by atoms with Crippen LogP contribution in [-0.2, 0) is 11.2 Å². The summed E-state index contributed by atoms with van der Waals surface area (Å²) in [6, 6.07) is 10.2. The Balaban J connectivity index is 1.31. The van der Waals surface area contributed by atoms with Crippen molar-refractivity contribution in [1.82, 2.24) is 20.0 Å². The van der Waals surface area contributed by atoms with Gasteiger partial charge < -0.3 is 9.80 Å². The van der Waals surface area contributed by atoms with E-state index in [-0.39, 0.29) is 17.9 Å². The molecule has 2 aliphatic rings. The van der Waals surface area contributed by atoms with E-state index in [1.165, 1.54) is 5.57 Å². The molecule has 31 heavy (non-hydrogen) atoms. The molecule has 1 fully saturated rings. The number of carbonyl (C=O) groups excluding carboxylic acids is 1. The summed E-state index contributed by atoms with van der Waals surface area (Å²) in [5.41, 5.74) is 3.34. The van der Waals surface area contributed by atoms with Crippen molar-refractivity contribution in [1.29, 1.82) is 5.41 Å². The Morgan fingerprint density at radius 1 is 1.32 bits per heavy atom. The van der Waals surface area contributed by atoms with Crippen molar-refractivity contribution >= 4 is 17.3 Å². The van der Waals surface area contributed by atoms with Crippen LogP contribution < -0.4 is 0 Å². The van der Waals surface area contributed by atoms with E-state index in [0.29, 0.717) is 18.2 Å².